The van der Waals surface area contributed by atoms with Crippen LogP contribution in [0.3, 0.4) is 0 Å². The number of hydrogen-bond donors (Lipinski definition) is 2. The van der Waals surface area contributed by atoms with E-state index < -0.39 is 5.92 Å². The lowest BCUT2D eigenvalue weighted by Gasteiger charge is -2.30. The Morgan fingerprint density at radius 2 is 1.98 bits per heavy atom. The van der Waals surface area contributed by atoms with Crippen molar-refractivity contribution in [1.29, 1.82) is 0 Å². The Morgan fingerprint density at radius 3 is 2.67 bits per heavy atom. The number of piperidine rings is 1. The first-order chi connectivity index (χ1) is 19.3. The molecule has 5 rings (SSSR count). The number of alkyl halides is 2. The highest BCUT2D eigenvalue weighted by atomic mass is 19.3. The Labute approximate surface area is 233 Å². The number of aryl methyl sites for hydroxylation is 1. The van der Waals surface area contributed by atoms with Gasteiger partial charge in [0.2, 0.25) is 0 Å². The molecule has 2 saturated heterocycles. The number of imidazole rings is 1. The molecule has 210 valence electrons. The number of halogens is 2. The molecule has 0 spiro atoms. The molecule has 7 nitrogen and oxygen atoms in total. The summed E-state index contributed by atoms with van der Waals surface area (Å²) in [6, 6.07) is 1.97. The number of rotatable bonds is 8. The van der Waals surface area contributed by atoms with E-state index in [-0.39, 0.29) is 13.0 Å². The standard InChI is InChI=1S/C31H37F2N7/c1-5-10-27(40-12-8-7-9-13-40)28-22(4)35-30(36-28)29-25(26(6-2)37-38-29)15-21(3)24-16-23(17-34-18-24)19-39-14-11-31(32,33)20-39/h5-6,10,15-18,37H,1,3,7-9,11-14,19-20H2,2,4H3,(H,35,36)/b25-15+,26-6+,27-10+. The molecule has 2 N–H and O–H groups in total. The molecule has 0 aliphatic carbocycles. The molecule has 0 radical (unpaired) electrons. The smallest absolute Gasteiger partial charge is 0.261 e. The van der Waals surface area contributed by atoms with E-state index in [4.69, 9.17) is 4.98 Å². The van der Waals surface area contributed by atoms with Crippen LogP contribution in [-0.2, 0) is 6.54 Å². The highest BCUT2D eigenvalue weighted by molar-refractivity contribution is 5.87. The van der Waals surface area contributed by atoms with Gasteiger partial charge in [-0.25, -0.2) is 13.8 Å². The fourth-order valence-corrected chi connectivity index (χ4v) is 5.52. The maximum absolute atomic E-state index is 13.7. The second-order valence-electron chi connectivity index (χ2n) is 10.7. The van der Waals surface area contributed by atoms with E-state index in [0.29, 0.717) is 24.6 Å². The number of likely N-dealkylation sites (tertiary alicyclic amines) is 2. The molecule has 0 bridgehead atoms. The molecule has 3 aromatic heterocycles. The van der Waals surface area contributed by atoms with Gasteiger partial charge in [0.1, 0.15) is 11.4 Å². The van der Waals surface area contributed by atoms with Crippen LogP contribution in [0.15, 0.2) is 43.8 Å². The van der Waals surface area contributed by atoms with Crippen molar-refractivity contribution in [2.24, 2.45) is 0 Å². The van der Waals surface area contributed by atoms with Crippen molar-refractivity contribution in [1.82, 2.24) is 34.9 Å². The monoisotopic (exact) mass is 545 g/mol. The molecule has 3 aromatic rings. The van der Waals surface area contributed by atoms with Crippen LogP contribution in [0.2, 0.25) is 0 Å². The van der Waals surface area contributed by atoms with Crippen molar-refractivity contribution in [2.45, 2.75) is 52.0 Å². The quantitative estimate of drug-likeness (QED) is 0.403. The third-order valence-electron chi connectivity index (χ3n) is 7.59. The van der Waals surface area contributed by atoms with Gasteiger partial charge in [-0.3, -0.25) is 15.0 Å². The predicted molar refractivity (Wildman–Crippen MR) is 156 cm³/mol. The second-order valence-corrected chi connectivity index (χ2v) is 10.7. The highest BCUT2D eigenvalue weighted by Gasteiger charge is 2.37. The van der Waals surface area contributed by atoms with E-state index in [9.17, 15) is 8.78 Å². The number of allylic oxidation sites excluding steroid dienone is 3. The zero-order chi connectivity index (χ0) is 28.3. The number of aromatic nitrogens is 5. The van der Waals surface area contributed by atoms with Crippen LogP contribution in [0.1, 0.15) is 55.1 Å². The van der Waals surface area contributed by atoms with E-state index in [0.717, 1.165) is 57.4 Å². The predicted octanol–water partition coefficient (Wildman–Crippen LogP) is 4.65. The molecule has 2 aliphatic rings. The van der Waals surface area contributed by atoms with Crippen molar-refractivity contribution < 1.29 is 8.78 Å². The minimum atomic E-state index is -2.62. The maximum Gasteiger partial charge on any atom is 0.261 e. The van der Waals surface area contributed by atoms with Gasteiger partial charge in [-0.15, -0.1) is 0 Å². The Balaban J connectivity index is 1.46. The van der Waals surface area contributed by atoms with Crippen LogP contribution < -0.4 is 10.6 Å². The summed E-state index contributed by atoms with van der Waals surface area (Å²) in [6.45, 7) is 14.8. The summed E-state index contributed by atoms with van der Waals surface area (Å²) in [6.07, 6.45) is 14.8. The van der Waals surface area contributed by atoms with Crippen molar-refractivity contribution in [3.8, 4) is 11.5 Å². The maximum atomic E-state index is 13.7. The molecule has 2 fully saturated rings. The first-order valence-corrected chi connectivity index (χ1v) is 13.9. The molecular formula is C31H37F2N7. The summed E-state index contributed by atoms with van der Waals surface area (Å²) in [7, 11) is 0. The molecule has 2 aliphatic heterocycles. The van der Waals surface area contributed by atoms with Crippen molar-refractivity contribution >= 4 is 23.4 Å². The Morgan fingerprint density at radius 1 is 1.18 bits per heavy atom. The van der Waals surface area contributed by atoms with Crippen LogP contribution in [0.4, 0.5) is 8.78 Å². The third kappa shape index (κ3) is 5.99. The van der Waals surface area contributed by atoms with Gasteiger partial charge in [0.25, 0.3) is 5.92 Å². The number of H-pyrrole nitrogens is 2. The minimum Gasteiger partial charge on any atom is -0.370 e. The van der Waals surface area contributed by atoms with Crippen molar-refractivity contribution in [2.75, 3.05) is 26.2 Å². The van der Waals surface area contributed by atoms with Gasteiger partial charge in [0.05, 0.1) is 17.6 Å². The van der Waals surface area contributed by atoms with E-state index >= 15 is 0 Å². The zero-order valence-electron chi connectivity index (χ0n) is 23.3. The molecular weight excluding hydrogens is 508 g/mol. The summed E-state index contributed by atoms with van der Waals surface area (Å²) < 4.78 is 27.3. The first kappa shape index (κ1) is 27.7. The number of pyridine rings is 1. The molecule has 9 heteroatoms. The fraction of sp³-hybridized carbons (Fsp3) is 0.387. The van der Waals surface area contributed by atoms with Crippen molar-refractivity contribution in [3.63, 3.8) is 0 Å². The van der Waals surface area contributed by atoms with E-state index in [1.807, 2.05) is 44.2 Å². The highest BCUT2D eigenvalue weighted by Crippen LogP contribution is 2.29. The number of hydrogen-bond acceptors (Lipinski definition) is 5. The fourth-order valence-electron chi connectivity index (χ4n) is 5.52. The number of nitrogens with one attached hydrogen (secondary N) is 2. The Hall–Kier alpha value is -3.85. The largest absolute Gasteiger partial charge is 0.370 e. The molecule has 0 atom stereocenters. The normalized spacial score (nSPS) is 19.0. The average molecular weight is 546 g/mol. The SMILES string of the molecule is C=C/C=C(\c1nc(-c2n[nH]c(=C/C)/c2=C\C(=C)c2cncc(CN3CCC(F)(F)C3)c2)[nH]c1C)N1CCCCC1. The van der Waals surface area contributed by atoms with Crippen LogP contribution >= 0.6 is 0 Å². The van der Waals surface area contributed by atoms with Gasteiger partial charge in [0.15, 0.2) is 5.82 Å². The first-order valence-electron chi connectivity index (χ1n) is 13.9. The zero-order valence-corrected chi connectivity index (χ0v) is 23.3. The van der Waals surface area contributed by atoms with Gasteiger partial charge in [-0.2, -0.15) is 5.10 Å². The Bertz CT molecular complexity index is 1540. The number of aromatic amines is 2. The van der Waals surface area contributed by atoms with E-state index in [2.05, 4.69) is 38.2 Å². The summed E-state index contributed by atoms with van der Waals surface area (Å²) in [5.74, 6) is -1.95. The summed E-state index contributed by atoms with van der Waals surface area (Å²) in [5, 5.41) is 9.45. The van der Waals surface area contributed by atoms with Crippen LogP contribution in [0, 0.1) is 6.92 Å². The third-order valence-corrected chi connectivity index (χ3v) is 7.59. The van der Waals surface area contributed by atoms with E-state index in [1.165, 1.54) is 19.3 Å². The van der Waals surface area contributed by atoms with Gasteiger partial charge >= 0.3 is 0 Å². The van der Waals surface area contributed by atoms with Gasteiger partial charge < -0.3 is 9.88 Å². The summed E-state index contributed by atoms with van der Waals surface area (Å²) >= 11 is 0. The van der Waals surface area contributed by atoms with Crippen molar-refractivity contribution in [3.05, 3.63) is 76.9 Å². The lowest BCUT2D eigenvalue weighted by Crippen LogP contribution is -2.28. The Kier molecular flexibility index (Phi) is 8.12. The van der Waals surface area contributed by atoms with Crippen LogP contribution in [-0.4, -0.2) is 67.1 Å². The van der Waals surface area contributed by atoms with Gasteiger partial charge in [-0.1, -0.05) is 25.3 Å². The average Bonchev–Trinajstić information content (AvgIpc) is 3.63. The van der Waals surface area contributed by atoms with E-state index in [1.54, 1.807) is 17.3 Å². The van der Waals surface area contributed by atoms with Crippen LogP contribution in [0.5, 0.6) is 0 Å². The second kappa shape index (κ2) is 11.7. The molecule has 40 heavy (non-hydrogen) atoms. The molecule has 0 aromatic carbocycles. The lowest BCUT2D eigenvalue weighted by molar-refractivity contribution is 0.0115. The summed E-state index contributed by atoms with van der Waals surface area (Å²) in [4.78, 5) is 17.0. The summed E-state index contributed by atoms with van der Waals surface area (Å²) in [5.41, 5.74) is 6.09. The van der Waals surface area contributed by atoms with Gasteiger partial charge in [-0.05, 0) is 68.0 Å². The lowest BCUT2D eigenvalue weighted by atomic mass is 10.1. The molecule has 0 amide bonds. The topological polar surface area (TPSA) is 76.7 Å². The van der Waals surface area contributed by atoms with Crippen LogP contribution in [0.25, 0.3) is 34.9 Å². The number of nitrogens with zero attached hydrogens (tertiary/aromatic N) is 5. The molecule has 0 unspecified atom stereocenters. The minimum absolute atomic E-state index is 0.100. The molecule has 0 saturated carbocycles. The molecule has 5 heterocycles. The van der Waals surface area contributed by atoms with Gasteiger partial charge in [0, 0.05) is 55.9 Å².